The van der Waals surface area contributed by atoms with Crippen LogP contribution in [0.25, 0.3) is 0 Å². The molecule has 0 radical (unpaired) electrons. The maximum atomic E-state index is 13.6. The van der Waals surface area contributed by atoms with Crippen LogP contribution < -0.4 is 10.2 Å². The molecule has 0 fully saturated rings. The highest BCUT2D eigenvalue weighted by atomic mass is 19.1. The predicted octanol–water partition coefficient (Wildman–Crippen LogP) is 0.102. The summed E-state index contributed by atoms with van der Waals surface area (Å²) in [6.07, 6.45) is 1.10. The molecular formula is C10H17FN4O2. The second-order valence-electron chi connectivity index (χ2n) is 3.32. The molecule has 17 heavy (non-hydrogen) atoms. The Labute approximate surface area is 99.4 Å². The average molecular weight is 244 g/mol. The predicted molar refractivity (Wildman–Crippen MR) is 62.7 cm³/mol. The molecule has 0 aliphatic rings. The molecule has 7 heteroatoms. The Balaban J connectivity index is 2.90. The van der Waals surface area contributed by atoms with E-state index in [1.807, 2.05) is 0 Å². The van der Waals surface area contributed by atoms with Crippen LogP contribution in [0.4, 0.5) is 16.2 Å². The molecule has 1 aromatic heterocycles. The Kier molecular flexibility index (Phi) is 5.58. The molecule has 0 aromatic carbocycles. The van der Waals surface area contributed by atoms with Crippen molar-refractivity contribution in [2.24, 2.45) is 0 Å². The van der Waals surface area contributed by atoms with E-state index in [9.17, 15) is 4.39 Å². The first kappa shape index (κ1) is 13.6. The highest BCUT2D eigenvalue weighted by Crippen LogP contribution is 2.16. The summed E-state index contributed by atoms with van der Waals surface area (Å²) in [5, 5.41) is 11.7. The lowest BCUT2D eigenvalue weighted by Gasteiger charge is -2.22. The van der Waals surface area contributed by atoms with Crippen molar-refractivity contribution in [2.75, 3.05) is 50.7 Å². The molecule has 0 amide bonds. The van der Waals surface area contributed by atoms with Crippen molar-refractivity contribution in [1.29, 1.82) is 0 Å². The fourth-order valence-corrected chi connectivity index (χ4v) is 1.35. The molecule has 2 N–H and O–H groups in total. The van der Waals surface area contributed by atoms with Gasteiger partial charge in [0.05, 0.1) is 19.4 Å². The molecule has 6 nitrogen and oxygen atoms in total. The summed E-state index contributed by atoms with van der Waals surface area (Å²) in [6.45, 7) is 1.09. The molecule has 1 heterocycles. The quantitative estimate of drug-likeness (QED) is 0.709. The van der Waals surface area contributed by atoms with Crippen LogP contribution in [-0.2, 0) is 4.74 Å². The molecule has 0 saturated heterocycles. The Morgan fingerprint density at radius 2 is 2.29 bits per heavy atom. The molecular weight excluding hydrogens is 227 g/mol. The minimum absolute atomic E-state index is 0.0813. The van der Waals surface area contributed by atoms with E-state index in [1.54, 1.807) is 19.1 Å². The summed E-state index contributed by atoms with van der Waals surface area (Å²) in [5.74, 6) is -0.0224. The fraction of sp³-hybridized carbons (Fsp3) is 0.600. The minimum atomic E-state index is -0.520. The second-order valence-corrected chi connectivity index (χ2v) is 3.32. The first-order valence-electron chi connectivity index (χ1n) is 5.28. The number of hydrogen-bond donors (Lipinski definition) is 2. The maximum Gasteiger partial charge on any atom is 0.224 e. The van der Waals surface area contributed by atoms with Gasteiger partial charge in [-0.15, -0.1) is 0 Å². The number of aromatic nitrogens is 2. The third kappa shape index (κ3) is 3.79. The van der Waals surface area contributed by atoms with Crippen molar-refractivity contribution < 1.29 is 14.2 Å². The van der Waals surface area contributed by atoms with Gasteiger partial charge in [-0.05, 0) is 0 Å². The Hall–Kier alpha value is -1.47. The minimum Gasteiger partial charge on any atom is -0.395 e. The zero-order valence-electron chi connectivity index (χ0n) is 9.98. The molecule has 1 aromatic rings. The molecule has 0 aliphatic carbocycles. The normalized spacial score (nSPS) is 10.4. The molecule has 0 aliphatic heterocycles. The molecule has 0 saturated carbocycles. The van der Waals surface area contributed by atoms with E-state index in [0.717, 1.165) is 6.20 Å². The van der Waals surface area contributed by atoms with Crippen LogP contribution in [0.15, 0.2) is 6.20 Å². The van der Waals surface area contributed by atoms with Crippen LogP contribution in [0.5, 0.6) is 0 Å². The number of ether oxygens (including phenoxy) is 1. The van der Waals surface area contributed by atoms with Crippen LogP contribution in [0, 0.1) is 5.82 Å². The van der Waals surface area contributed by atoms with E-state index in [2.05, 4.69) is 15.3 Å². The Bertz CT molecular complexity index is 351. The maximum absolute atomic E-state index is 13.6. The van der Waals surface area contributed by atoms with Crippen molar-refractivity contribution in [3.05, 3.63) is 12.0 Å². The van der Waals surface area contributed by atoms with Gasteiger partial charge in [0.1, 0.15) is 0 Å². The summed E-state index contributed by atoms with van der Waals surface area (Å²) in [5.41, 5.74) is 0. The summed E-state index contributed by atoms with van der Waals surface area (Å²) in [7, 11) is 3.22. The van der Waals surface area contributed by atoms with Crippen LogP contribution in [0.3, 0.4) is 0 Å². The van der Waals surface area contributed by atoms with E-state index in [4.69, 9.17) is 9.84 Å². The lowest BCUT2D eigenvalue weighted by atomic mass is 10.4. The smallest absolute Gasteiger partial charge is 0.224 e. The number of anilines is 2. The lowest BCUT2D eigenvalue weighted by Crippen LogP contribution is -2.32. The highest BCUT2D eigenvalue weighted by molar-refractivity contribution is 5.43. The number of nitrogens with one attached hydrogen (secondary N) is 1. The van der Waals surface area contributed by atoms with E-state index < -0.39 is 5.82 Å². The van der Waals surface area contributed by atoms with Crippen molar-refractivity contribution in [1.82, 2.24) is 9.97 Å². The number of nitrogens with zero attached hydrogens (tertiary/aromatic N) is 3. The summed E-state index contributed by atoms with van der Waals surface area (Å²) < 4.78 is 18.5. The Morgan fingerprint density at radius 1 is 1.53 bits per heavy atom. The molecule has 0 bridgehead atoms. The van der Waals surface area contributed by atoms with Crippen molar-refractivity contribution in [2.45, 2.75) is 0 Å². The van der Waals surface area contributed by atoms with E-state index >= 15 is 0 Å². The van der Waals surface area contributed by atoms with Crippen LogP contribution in [0.2, 0.25) is 0 Å². The van der Waals surface area contributed by atoms with Gasteiger partial charge in [-0.2, -0.15) is 4.98 Å². The topological polar surface area (TPSA) is 70.5 Å². The standard InChI is InChI=1S/C10H17FN4O2/c1-12-10-13-7-8(11)9(14-10)15(3-5-16)4-6-17-2/h7,16H,3-6H2,1-2H3,(H,12,13,14). The highest BCUT2D eigenvalue weighted by Gasteiger charge is 2.14. The van der Waals surface area contributed by atoms with Gasteiger partial charge in [-0.1, -0.05) is 0 Å². The second kappa shape index (κ2) is 6.97. The van der Waals surface area contributed by atoms with Crippen LogP contribution in [-0.4, -0.2) is 55.5 Å². The third-order valence-corrected chi connectivity index (χ3v) is 2.18. The Morgan fingerprint density at radius 3 is 2.88 bits per heavy atom. The van der Waals surface area contributed by atoms with Gasteiger partial charge in [0.15, 0.2) is 11.6 Å². The molecule has 0 unspecified atom stereocenters. The van der Waals surface area contributed by atoms with Gasteiger partial charge in [0.25, 0.3) is 0 Å². The molecule has 0 spiro atoms. The van der Waals surface area contributed by atoms with Crippen LogP contribution >= 0.6 is 0 Å². The third-order valence-electron chi connectivity index (χ3n) is 2.18. The van der Waals surface area contributed by atoms with E-state index in [0.29, 0.717) is 25.6 Å². The monoisotopic (exact) mass is 244 g/mol. The summed E-state index contributed by atoms with van der Waals surface area (Å²) in [4.78, 5) is 9.40. The molecule has 96 valence electrons. The SMILES string of the molecule is CNc1ncc(F)c(N(CCO)CCOC)n1. The number of halogens is 1. The number of methoxy groups -OCH3 is 1. The number of aliphatic hydroxyl groups is 1. The van der Waals surface area contributed by atoms with Gasteiger partial charge in [0.2, 0.25) is 5.95 Å². The first-order valence-corrected chi connectivity index (χ1v) is 5.28. The van der Waals surface area contributed by atoms with E-state index in [-0.39, 0.29) is 12.4 Å². The van der Waals surface area contributed by atoms with Crippen molar-refractivity contribution in [3.8, 4) is 0 Å². The molecule has 0 atom stereocenters. The van der Waals surface area contributed by atoms with Gasteiger partial charge in [0, 0.05) is 27.2 Å². The number of rotatable bonds is 7. The van der Waals surface area contributed by atoms with E-state index in [1.165, 1.54) is 0 Å². The van der Waals surface area contributed by atoms with Gasteiger partial charge in [-0.3, -0.25) is 0 Å². The number of hydrogen-bond acceptors (Lipinski definition) is 6. The van der Waals surface area contributed by atoms with Crippen molar-refractivity contribution in [3.63, 3.8) is 0 Å². The van der Waals surface area contributed by atoms with Gasteiger partial charge >= 0.3 is 0 Å². The largest absolute Gasteiger partial charge is 0.395 e. The summed E-state index contributed by atoms with van der Waals surface area (Å²) >= 11 is 0. The first-order chi connectivity index (χ1) is 8.22. The zero-order valence-corrected chi connectivity index (χ0v) is 9.98. The van der Waals surface area contributed by atoms with Gasteiger partial charge in [-0.25, -0.2) is 9.37 Å². The zero-order chi connectivity index (χ0) is 12.7. The summed E-state index contributed by atoms with van der Waals surface area (Å²) in [6, 6.07) is 0. The number of aliphatic hydroxyl groups excluding tert-OH is 1. The fourth-order valence-electron chi connectivity index (χ4n) is 1.35. The van der Waals surface area contributed by atoms with Crippen LogP contribution in [0.1, 0.15) is 0 Å². The van der Waals surface area contributed by atoms with Gasteiger partial charge < -0.3 is 20.1 Å². The van der Waals surface area contributed by atoms with Crippen molar-refractivity contribution >= 4 is 11.8 Å². The molecule has 1 rings (SSSR count). The average Bonchev–Trinajstić information content (AvgIpc) is 2.35. The lowest BCUT2D eigenvalue weighted by molar-refractivity contribution is 0.202.